The molecule has 23 heavy (non-hydrogen) atoms. The van der Waals surface area contributed by atoms with Gasteiger partial charge in [-0.05, 0) is 25.4 Å². The average molecular weight is 362 g/mol. The topological polar surface area (TPSA) is 81.6 Å². The van der Waals surface area contributed by atoms with Crippen LogP contribution >= 0.6 is 11.6 Å². The first-order valence-electron chi connectivity index (χ1n) is 7.49. The largest absolute Gasteiger partial charge is 0.488 e. The summed E-state index contributed by atoms with van der Waals surface area (Å²) in [4.78, 5) is 10.6. The van der Waals surface area contributed by atoms with Crippen LogP contribution in [0.3, 0.4) is 0 Å². The predicted molar refractivity (Wildman–Crippen MR) is 87.0 cm³/mol. The van der Waals surface area contributed by atoms with Crippen molar-refractivity contribution in [2.24, 2.45) is 0 Å². The first-order valence-corrected chi connectivity index (χ1v) is 9.76. The standard InChI is InChI=1S/C14H20ClN3O4S/c1-9-8-21-7-5-18(9)12-10-11(16-13(15)17-12)14(2,4-6-22-10)23(3,19)20/h9H,4-8H2,1-3H3/t9-,14?/m1/s1. The smallest absolute Gasteiger partial charge is 0.224 e. The summed E-state index contributed by atoms with van der Waals surface area (Å²) < 4.78 is 34.8. The molecule has 2 atom stereocenters. The van der Waals surface area contributed by atoms with Gasteiger partial charge in [0.15, 0.2) is 21.4 Å². The van der Waals surface area contributed by atoms with Crippen molar-refractivity contribution >= 4 is 27.3 Å². The van der Waals surface area contributed by atoms with Crippen molar-refractivity contribution in [1.29, 1.82) is 0 Å². The number of nitrogens with zero attached hydrogens (tertiary/aromatic N) is 3. The van der Waals surface area contributed by atoms with Gasteiger partial charge in [-0.15, -0.1) is 0 Å². The molecular formula is C14H20ClN3O4S. The summed E-state index contributed by atoms with van der Waals surface area (Å²) in [5, 5.41) is 0.0258. The maximum absolute atomic E-state index is 12.3. The van der Waals surface area contributed by atoms with E-state index in [0.717, 1.165) is 0 Å². The van der Waals surface area contributed by atoms with Crippen molar-refractivity contribution in [1.82, 2.24) is 9.97 Å². The van der Waals surface area contributed by atoms with Crippen molar-refractivity contribution in [3.8, 4) is 5.75 Å². The number of anilines is 1. The normalized spacial score (nSPS) is 28.2. The summed E-state index contributed by atoms with van der Waals surface area (Å²) >= 11 is 6.10. The Balaban J connectivity index is 2.18. The Kier molecular flexibility index (Phi) is 4.18. The van der Waals surface area contributed by atoms with Gasteiger partial charge in [0.05, 0.1) is 25.9 Å². The lowest BCUT2D eigenvalue weighted by atomic mass is 9.99. The summed E-state index contributed by atoms with van der Waals surface area (Å²) in [5.74, 6) is 0.965. The van der Waals surface area contributed by atoms with E-state index in [1.165, 1.54) is 6.26 Å². The van der Waals surface area contributed by atoms with E-state index in [9.17, 15) is 8.42 Å². The van der Waals surface area contributed by atoms with Crippen LogP contribution in [0.5, 0.6) is 5.75 Å². The Morgan fingerprint density at radius 3 is 2.74 bits per heavy atom. The third-order valence-electron chi connectivity index (χ3n) is 4.60. The molecule has 1 saturated heterocycles. The molecule has 0 radical (unpaired) electrons. The van der Waals surface area contributed by atoms with Crippen molar-refractivity contribution < 1.29 is 17.9 Å². The van der Waals surface area contributed by atoms with Crippen LogP contribution in [0.15, 0.2) is 0 Å². The molecule has 0 aromatic carbocycles. The molecular weight excluding hydrogens is 342 g/mol. The summed E-state index contributed by atoms with van der Waals surface area (Å²) in [5.41, 5.74) is 0.347. The molecule has 128 valence electrons. The second kappa shape index (κ2) is 5.75. The van der Waals surface area contributed by atoms with Crippen molar-refractivity contribution in [3.63, 3.8) is 0 Å². The Morgan fingerprint density at radius 2 is 2.09 bits per heavy atom. The number of halogens is 1. The van der Waals surface area contributed by atoms with Crippen molar-refractivity contribution in [3.05, 3.63) is 11.0 Å². The molecule has 0 saturated carbocycles. The Labute approximate surface area is 140 Å². The highest BCUT2D eigenvalue weighted by Crippen LogP contribution is 2.45. The molecule has 0 spiro atoms. The SMILES string of the molecule is C[C@@H]1COCCN1c1nc(Cl)nc2c1OCCC2(C)S(C)(=O)=O. The average Bonchev–Trinajstić information content (AvgIpc) is 2.47. The van der Waals surface area contributed by atoms with Crippen LogP contribution in [-0.2, 0) is 19.3 Å². The lowest BCUT2D eigenvalue weighted by Crippen LogP contribution is -2.45. The molecule has 0 bridgehead atoms. The van der Waals surface area contributed by atoms with Crippen LogP contribution in [0, 0.1) is 0 Å². The van der Waals surface area contributed by atoms with Gasteiger partial charge in [0, 0.05) is 19.2 Å². The van der Waals surface area contributed by atoms with Crippen LogP contribution in [0.25, 0.3) is 0 Å². The number of sulfone groups is 1. The molecule has 1 fully saturated rings. The van der Waals surface area contributed by atoms with E-state index in [2.05, 4.69) is 9.97 Å². The second-order valence-electron chi connectivity index (χ2n) is 6.21. The second-order valence-corrected chi connectivity index (χ2v) is 9.00. The third kappa shape index (κ3) is 2.77. The van der Waals surface area contributed by atoms with E-state index < -0.39 is 14.6 Å². The van der Waals surface area contributed by atoms with Gasteiger partial charge >= 0.3 is 0 Å². The zero-order valence-electron chi connectivity index (χ0n) is 13.4. The van der Waals surface area contributed by atoms with Crippen LogP contribution < -0.4 is 9.64 Å². The summed E-state index contributed by atoms with van der Waals surface area (Å²) in [6.45, 7) is 5.76. The van der Waals surface area contributed by atoms with E-state index in [-0.39, 0.29) is 11.3 Å². The number of rotatable bonds is 2. The van der Waals surface area contributed by atoms with Gasteiger partial charge in [-0.3, -0.25) is 0 Å². The molecule has 7 nitrogen and oxygen atoms in total. The minimum Gasteiger partial charge on any atom is -0.488 e. The highest BCUT2D eigenvalue weighted by molar-refractivity contribution is 7.91. The number of hydrogen-bond donors (Lipinski definition) is 0. The van der Waals surface area contributed by atoms with Crippen LogP contribution in [0.1, 0.15) is 26.0 Å². The number of hydrogen-bond acceptors (Lipinski definition) is 7. The van der Waals surface area contributed by atoms with Crippen LogP contribution in [0.4, 0.5) is 5.82 Å². The van der Waals surface area contributed by atoms with Crippen molar-refractivity contribution in [2.45, 2.75) is 31.1 Å². The Hall–Kier alpha value is -1.12. The maximum Gasteiger partial charge on any atom is 0.224 e. The monoisotopic (exact) mass is 361 g/mol. The van der Waals surface area contributed by atoms with E-state index in [1.54, 1.807) is 6.92 Å². The van der Waals surface area contributed by atoms with Gasteiger partial charge in [0.1, 0.15) is 10.4 Å². The fraction of sp³-hybridized carbons (Fsp3) is 0.714. The van der Waals surface area contributed by atoms with Crippen LogP contribution in [0.2, 0.25) is 5.28 Å². The molecule has 1 aromatic rings. The lowest BCUT2D eigenvalue weighted by Gasteiger charge is -2.38. The van der Waals surface area contributed by atoms with E-state index >= 15 is 0 Å². The number of ether oxygens (including phenoxy) is 2. The molecule has 1 aromatic heterocycles. The fourth-order valence-corrected chi connectivity index (χ4v) is 4.08. The van der Waals surface area contributed by atoms with Gasteiger partial charge in [-0.2, -0.15) is 4.98 Å². The molecule has 3 rings (SSSR count). The minimum atomic E-state index is -3.39. The number of fused-ring (bicyclic) bond motifs is 1. The first-order chi connectivity index (χ1) is 10.7. The Bertz CT molecular complexity index is 727. The van der Waals surface area contributed by atoms with Gasteiger partial charge < -0.3 is 14.4 Å². The Morgan fingerprint density at radius 1 is 1.35 bits per heavy atom. The van der Waals surface area contributed by atoms with Gasteiger partial charge in [-0.25, -0.2) is 13.4 Å². The summed E-state index contributed by atoms with van der Waals surface area (Å²) in [6, 6.07) is 0.0915. The molecule has 2 aliphatic heterocycles. The predicted octanol–water partition coefficient (Wildman–Crippen LogP) is 1.40. The van der Waals surface area contributed by atoms with Gasteiger partial charge in [-0.1, -0.05) is 0 Å². The number of aromatic nitrogens is 2. The van der Waals surface area contributed by atoms with Crippen LogP contribution in [-0.4, -0.2) is 57.0 Å². The van der Waals surface area contributed by atoms with E-state index in [4.69, 9.17) is 21.1 Å². The summed E-state index contributed by atoms with van der Waals surface area (Å²) in [7, 11) is -3.39. The zero-order chi connectivity index (χ0) is 16.8. The van der Waals surface area contributed by atoms with Crippen molar-refractivity contribution in [2.75, 3.05) is 37.5 Å². The lowest BCUT2D eigenvalue weighted by molar-refractivity contribution is 0.0979. The fourth-order valence-electron chi connectivity index (χ4n) is 2.97. The third-order valence-corrected chi connectivity index (χ3v) is 6.81. The molecule has 1 unspecified atom stereocenters. The highest BCUT2D eigenvalue weighted by Gasteiger charge is 2.46. The summed E-state index contributed by atoms with van der Waals surface area (Å²) in [6.07, 6.45) is 1.55. The molecule has 2 aliphatic rings. The number of morpholine rings is 1. The van der Waals surface area contributed by atoms with Gasteiger partial charge in [0.2, 0.25) is 5.28 Å². The van der Waals surface area contributed by atoms with Gasteiger partial charge in [0.25, 0.3) is 0 Å². The zero-order valence-corrected chi connectivity index (χ0v) is 14.9. The minimum absolute atomic E-state index is 0.0258. The molecule has 0 N–H and O–H groups in total. The molecule has 0 aliphatic carbocycles. The molecule has 3 heterocycles. The first kappa shape index (κ1) is 16.7. The molecule has 0 amide bonds. The maximum atomic E-state index is 12.3. The highest BCUT2D eigenvalue weighted by atomic mass is 35.5. The quantitative estimate of drug-likeness (QED) is 0.736. The molecule has 9 heteroatoms. The van der Waals surface area contributed by atoms with E-state index in [0.29, 0.717) is 50.0 Å². The van der Waals surface area contributed by atoms with E-state index in [1.807, 2.05) is 11.8 Å².